The number of rotatable bonds is 4. The van der Waals surface area contributed by atoms with E-state index in [4.69, 9.17) is 9.47 Å². The number of likely N-dealkylation sites (tertiary alicyclic amines) is 1. The van der Waals surface area contributed by atoms with E-state index in [2.05, 4.69) is 48.0 Å². The van der Waals surface area contributed by atoms with Crippen LogP contribution in [0.15, 0.2) is 46.4 Å². The van der Waals surface area contributed by atoms with Crippen LogP contribution in [0.25, 0.3) is 5.57 Å². The normalized spacial score (nSPS) is 18.9. The number of ether oxygens (including phenoxy) is 2. The molecule has 2 aromatic carbocycles. The zero-order valence-corrected chi connectivity index (χ0v) is 24.0. The van der Waals surface area contributed by atoms with E-state index in [1.54, 1.807) is 0 Å². The second-order valence-corrected chi connectivity index (χ2v) is 13.0. The highest BCUT2D eigenvalue weighted by Crippen LogP contribution is 2.50. The summed E-state index contributed by atoms with van der Waals surface area (Å²) in [6, 6.07) is 12.2. The number of nitrogens with zero attached hydrogens (tertiary/aromatic N) is 1. The molecule has 5 nitrogen and oxygen atoms in total. The van der Waals surface area contributed by atoms with E-state index in [1.807, 2.05) is 43.9 Å². The quantitative estimate of drug-likeness (QED) is 0.389. The van der Waals surface area contributed by atoms with Crippen LogP contribution in [0, 0.1) is 5.92 Å². The molecule has 0 aromatic heterocycles. The van der Waals surface area contributed by atoms with E-state index in [-0.39, 0.29) is 17.3 Å². The molecule has 37 heavy (non-hydrogen) atoms. The molecule has 3 aliphatic rings. The van der Waals surface area contributed by atoms with Crippen LogP contribution < -0.4 is 4.74 Å². The number of hydrogen-bond acceptors (Lipinski definition) is 4. The van der Waals surface area contributed by atoms with Crippen LogP contribution in [0.1, 0.15) is 80.9 Å². The molecule has 1 fully saturated rings. The number of amides is 1. The average molecular weight is 567 g/mol. The molecule has 0 unspecified atom stereocenters. The van der Waals surface area contributed by atoms with Gasteiger partial charge in [0.25, 0.3) is 0 Å². The molecule has 1 heterocycles. The zero-order chi connectivity index (χ0) is 26.5. The van der Waals surface area contributed by atoms with Crippen molar-refractivity contribution in [3.63, 3.8) is 0 Å². The van der Waals surface area contributed by atoms with E-state index in [9.17, 15) is 9.59 Å². The Labute approximate surface area is 228 Å². The number of carbonyl (C=O) groups excluding carboxylic acids is 2. The van der Waals surface area contributed by atoms with Crippen LogP contribution in [0.3, 0.4) is 0 Å². The number of ketones is 1. The Morgan fingerprint density at radius 2 is 1.78 bits per heavy atom. The number of benzene rings is 2. The molecule has 0 bridgehead atoms. The van der Waals surface area contributed by atoms with Gasteiger partial charge in [-0.1, -0.05) is 35.8 Å². The van der Waals surface area contributed by atoms with Crippen LogP contribution in [0.5, 0.6) is 5.75 Å². The summed E-state index contributed by atoms with van der Waals surface area (Å²) in [4.78, 5) is 27.7. The van der Waals surface area contributed by atoms with Crippen molar-refractivity contribution in [2.75, 3.05) is 19.7 Å². The standard InChI is InChI=1S/C31H36BrNO4/c1-30(2,3)37-29(35)33-13-10-19(11-14-33)12-15-36-22-7-9-24-25(18-22)31(4,5)26-17-20-16-21(32)6-8-23(20)27(26)28(24)34/h6-9,16,18-19H,10-15,17H2,1-5H3. The molecule has 0 spiro atoms. The zero-order valence-electron chi connectivity index (χ0n) is 22.4. The summed E-state index contributed by atoms with van der Waals surface area (Å²) in [6.07, 6.45) is 3.45. The number of halogens is 1. The third kappa shape index (κ3) is 5.09. The largest absolute Gasteiger partial charge is 0.494 e. The molecule has 0 radical (unpaired) electrons. The SMILES string of the molecule is CC(C)(C)OC(=O)N1CCC(CCOc2ccc3c(c2)C(C)(C)C2=C(C3=O)c3ccc(Br)cc3C2)CC1. The first-order chi connectivity index (χ1) is 17.4. The first kappa shape index (κ1) is 26.0. The molecule has 2 aliphatic carbocycles. The minimum absolute atomic E-state index is 0.119. The van der Waals surface area contributed by atoms with Crippen molar-refractivity contribution in [2.45, 2.75) is 71.3 Å². The molecule has 196 valence electrons. The maximum atomic E-state index is 13.6. The lowest BCUT2D eigenvalue weighted by molar-refractivity contribution is 0.0177. The molecular weight excluding hydrogens is 530 g/mol. The molecular formula is C31H36BrNO4. The number of Topliss-reactive ketones (excluding diaryl/α,β-unsaturated/α-hetero) is 1. The highest BCUT2D eigenvalue weighted by molar-refractivity contribution is 9.10. The third-order valence-electron chi connectivity index (χ3n) is 7.96. The number of allylic oxidation sites excluding steroid dienone is 2. The van der Waals surface area contributed by atoms with Crippen molar-refractivity contribution < 1.29 is 19.1 Å². The molecule has 1 aliphatic heterocycles. The van der Waals surface area contributed by atoms with Gasteiger partial charge in [-0.3, -0.25) is 4.79 Å². The molecule has 2 aromatic rings. The molecule has 5 rings (SSSR count). The van der Waals surface area contributed by atoms with E-state index in [0.717, 1.165) is 71.3 Å². The van der Waals surface area contributed by atoms with Crippen LogP contribution in [0.4, 0.5) is 4.79 Å². The second kappa shape index (κ2) is 9.61. The molecule has 0 atom stereocenters. The summed E-state index contributed by atoms with van der Waals surface area (Å²) in [5.74, 6) is 1.46. The fourth-order valence-electron chi connectivity index (χ4n) is 5.89. The van der Waals surface area contributed by atoms with Crippen LogP contribution in [0.2, 0.25) is 0 Å². The van der Waals surface area contributed by atoms with E-state index in [0.29, 0.717) is 12.5 Å². The van der Waals surface area contributed by atoms with E-state index >= 15 is 0 Å². The molecule has 1 amide bonds. The van der Waals surface area contributed by atoms with Gasteiger partial charge < -0.3 is 14.4 Å². The molecule has 0 saturated carbocycles. The highest BCUT2D eigenvalue weighted by atomic mass is 79.9. The van der Waals surface area contributed by atoms with Gasteiger partial charge in [0.2, 0.25) is 0 Å². The lowest BCUT2D eigenvalue weighted by Crippen LogP contribution is -2.41. The number of carbonyl (C=O) groups is 2. The van der Waals surface area contributed by atoms with E-state index < -0.39 is 5.60 Å². The maximum absolute atomic E-state index is 13.6. The maximum Gasteiger partial charge on any atom is 0.410 e. The van der Waals surface area contributed by atoms with Gasteiger partial charge in [-0.25, -0.2) is 4.79 Å². The van der Waals surface area contributed by atoms with Gasteiger partial charge >= 0.3 is 6.09 Å². The smallest absolute Gasteiger partial charge is 0.410 e. The van der Waals surface area contributed by atoms with Crippen molar-refractivity contribution in [1.29, 1.82) is 0 Å². The third-order valence-corrected chi connectivity index (χ3v) is 8.45. The van der Waals surface area contributed by atoms with Crippen molar-refractivity contribution in [1.82, 2.24) is 4.90 Å². The Kier molecular flexibility index (Phi) is 6.76. The first-order valence-electron chi connectivity index (χ1n) is 13.3. The fourth-order valence-corrected chi connectivity index (χ4v) is 6.29. The Balaban J connectivity index is 1.21. The summed E-state index contributed by atoms with van der Waals surface area (Å²) in [7, 11) is 0. The highest BCUT2D eigenvalue weighted by Gasteiger charge is 2.43. The number of fused-ring (bicyclic) bond motifs is 3. The van der Waals surface area contributed by atoms with Gasteiger partial charge in [0.15, 0.2) is 5.78 Å². The molecule has 1 saturated heterocycles. The number of piperidine rings is 1. The fraction of sp³-hybridized carbons (Fsp3) is 0.484. The summed E-state index contributed by atoms with van der Waals surface area (Å²) < 4.78 is 12.7. The Morgan fingerprint density at radius 1 is 1.08 bits per heavy atom. The molecule has 6 heteroatoms. The summed E-state index contributed by atoms with van der Waals surface area (Å²) >= 11 is 3.57. The minimum Gasteiger partial charge on any atom is -0.494 e. The van der Waals surface area contributed by atoms with Crippen molar-refractivity contribution in [2.24, 2.45) is 5.92 Å². The minimum atomic E-state index is -0.465. The Hall–Kier alpha value is -2.60. The van der Waals surface area contributed by atoms with Gasteiger partial charge in [0.1, 0.15) is 11.4 Å². The lowest BCUT2D eigenvalue weighted by Gasteiger charge is -2.35. The molecule has 0 N–H and O–H groups in total. The van der Waals surface area contributed by atoms with Crippen molar-refractivity contribution >= 4 is 33.4 Å². The number of hydrogen-bond donors (Lipinski definition) is 0. The first-order valence-corrected chi connectivity index (χ1v) is 14.1. The van der Waals surface area contributed by atoms with Crippen LogP contribution >= 0.6 is 15.9 Å². The topological polar surface area (TPSA) is 55.8 Å². The Bertz CT molecular complexity index is 1280. The monoisotopic (exact) mass is 565 g/mol. The van der Waals surface area contributed by atoms with Gasteiger partial charge in [0.05, 0.1) is 6.61 Å². The summed E-state index contributed by atoms with van der Waals surface area (Å²) in [5, 5.41) is 0. The second-order valence-electron chi connectivity index (χ2n) is 12.0. The summed E-state index contributed by atoms with van der Waals surface area (Å²) in [5.41, 5.74) is 5.47. The van der Waals surface area contributed by atoms with Gasteiger partial charge in [-0.05, 0) is 105 Å². The predicted molar refractivity (Wildman–Crippen MR) is 149 cm³/mol. The van der Waals surface area contributed by atoms with Gasteiger partial charge in [-0.15, -0.1) is 0 Å². The average Bonchev–Trinajstić information content (AvgIpc) is 3.22. The summed E-state index contributed by atoms with van der Waals surface area (Å²) in [6.45, 7) is 12.2. The Morgan fingerprint density at radius 3 is 2.49 bits per heavy atom. The van der Waals surface area contributed by atoms with Crippen LogP contribution in [-0.2, 0) is 16.6 Å². The van der Waals surface area contributed by atoms with Crippen molar-refractivity contribution in [3.05, 3.63) is 68.7 Å². The van der Waals surface area contributed by atoms with Gasteiger partial charge in [-0.2, -0.15) is 0 Å². The lowest BCUT2D eigenvalue weighted by atomic mass is 9.68. The van der Waals surface area contributed by atoms with Crippen LogP contribution in [-0.4, -0.2) is 42.1 Å². The van der Waals surface area contributed by atoms with E-state index in [1.165, 1.54) is 11.1 Å². The van der Waals surface area contributed by atoms with Crippen molar-refractivity contribution in [3.8, 4) is 5.75 Å². The van der Waals surface area contributed by atoms with Gasteiger partial charge in [0, 0.05) is 34.1 Å². The predicted octanol–water partition coefficient (Wildman–Crippen LogP) is 7.35.